The summed E-state index contributed by atoms with van der Waals surface area (Å²) in [6.45, 7) is 0.567. The van der Waals surface area contributed by atoms with Crippen LogP contribution in [0.4, 0.5) is 0 Å². The molecule has 10 heteroatoms. The molecule has 18 heavy (non-hydrogen) atoms. The molecule has 0 aliphatic carbocycles. The van der Waals surface area contributed by atoms with E-state index in [4.69, 9.17) is 15.4 Å². The van der Waals surface area contributed by atoms with Crippen molar-refractivity contribution in [2.45, 2.75) is 11.7 Å². The van der Waals surface area contributed by atoms with Crippen LogP contribution in [0.5, 0.6) is 0 Å². The monoisotopic (exact) mass is 291 g/mol. The molecule has 0 amide bonds. The summed E-state index contributed by atoms with van der Waals surface area (Å²) in [5.41, 5.74) is 0.546. The van der Waals surface area contributed by atoms with Crippen molar-refractivity contribution >= 4 is 19.7 Å². The van der Waals surface area contributed by atoms with Crippen molar-refractivity contribution < 1.29 is 13.2 Å². The predicted octanol–water partition coefficient (Wildman–Crippen LogP) is 0.242. The van der Waals surface area contributed by atoms with E-state index < -0.39 is 9.05 Å². The molecule has 2 heterocycles. The van der Waals surface area contributed by atoms with Crippen LogP contribution in [-0.2, 0) is 20.3 Å². The van der Waals surface area contributed by atoms with E-state index >= 15 is 0 Å². The normalized spacial score (nSPS) is 11.9. The van der Waals surface area contributed by atoms with Gasteiger partial charge in [0.25, 0.3) is 14.2 Å². The maximum Gasteiger partial charge on any atom is 0.296 e. The maximum atomic E-state index is 11.4. The van der Waals surface area contributed by atoms with Crippen molar-refractivity contribution in [1.82, 2.24) is 25.0 Å². The molecule has 0 atom stereocenters. The summed E-state index contributed by atoms with van der Waals surface area (Å²) in [5, 5.41) is 13.5. The summed E-state index contributed by atoms with van der Waals surface area (Å²) in [6, 6.07) is 1.65. The van der Waals surface area contributed by atoms with Crippen molar-refractivity contribution in [2.24, 2.45) is 0 Å². The Hall–Kier alpha value is -1.45. The average Bonchev–Trinajstić information content (AvgIpc) is 2.93. The van der Waals surface area contributed by atoms with Crippen LogP contribution in [0, 0.1) is 0 Å². The van der Waals surface area contributed by atoms with Gasteiger partial charge in [-0.2, -0.15) is 5.10 Å². The van der Waals surface area contributed by atoms with Crippen LogP contribution in [0.1, 0.15) is 0 Å². The van der Waals surface area contributed by atoms with Gasteiger partial charge in [-0.05, 0) is 6.07 Å². The van der Waals surface area contributed by atoms with E-state index in [0.717, 1.165) is 0 Å². The minimum Gasteiger partial charge on any atom is -0.383 e. The number of hydrogen-bond acceptors (Lipinski definition) is 6. The lowest BCUT2D eigenvalue weighted by Gasteiger charge is -2.06. The van der Waals surface area contributed by atoms with E-state index in [0.29, 0.717) is 18.1 Å². The molecule has 1 N–H and O–H groups in total. The Morgan fingerprint density at radius 3 is 2.83 bits per heavy atom. The molecule has 2 aromatic heterocycles. The molecule has 2 aromatic rings. The van der Waals surface area contributed by atoms with E-state index in [1.165, 1.54) is 17.9 Å². The van der Waals surface area contributed by atoms with Gasteiger partial charge in [0.2, 0.25) is 0 Å². The Balaban J connectivity index is 2.51. The molecule has 0 bridgehead atoms. The average molecular weight is 292 g/mol. The molecule has 0 aromatic carbocycles. The Labute approximate surface area is 107 Å². The zero-order valence-electron chi connectivity index (χ0n) is 9.37. The summed E-state index contributed by atoms with van der Waals surface area (Å²) in [4.78, 5) is 0. The van der Waals surface area contributed by atoms with Gasteiger partial charge < -0.3 is 4.74 Å². The fourth-order valence-corrected chi connectivity index (χ4v) is 2.35. The van der Waals surface area contributed by atoms with Crippen LogP contribution < -0.4 is 0 Å². The molecule has 8 nitrogen and oxygen atoms in total. The molecular weight excluding hydrogens is 282 g/mol. The molecule has 0 saturated carbocycles. The third-order valence-corrected chi connectivity index (χ3v) is 3.35. The lowest BCUT2D eigenvalue weighted by Crippen LogP contribution is -2.11. The molecule has 0 fully saturated rings. The van der Waals surface area contributed by atoms with E-state index in [1.54, 1.807) is 6.07 Å². The number of halogens is 1. The number of methoxy groups -OCH3 is 1. The molecule has 2 rings (SSSR count). The highest BCUT2D eigenvalue weighted by Gasteiger charge is 2.23. The predicted molar refractivity (Wildman–Crippen MR) is 62.5 cm³/mol. The Morgan fingerprint density at radius 2 is 2.28 bits per heavy atom. The third-order valence-electron chi connectivity index (χ3n) is 2.20. The molecule has 98 valence electrons. The zero-order valence-corrected chi connectivity index (χ0v) is 10.9. The van der Waals surface area contributed by atoms with Gasteiger partial charge in [0.15, 0.2) is 5.82 Å². The molecular formula is C8H10ClN5O3S. The van der Waals surface area contributed by atoms with Crippen LogP contribution >= 0.6 is 10.7 Å². The van der Waals surface area contributed by atoms with Gasteiger partial charge in [-0.3, -0.25) is 9.67 Å². The first kappa shape index (κ1) is 13.0. The standard InChI is InChI=1S/C8H10ClN5O3S/c1-17-5-4-14-7(6-2-3-10-11-6)12-13-8(14)18(9,15)16/h2-3H,4-5H2,1H3,(H,10,11). The van der Waals surface area contributed by atoms with E-state index in [1.807, 2.05) is 0 Å². The SMILES string of the molecule is COCCn1c(-c2ccn[nH]2)nnc1S(=O)(=O)Cl. The summed E-state index contributed by atoms with van der Waals surface area (Å²) in [6.07, 6.45) is 1.53. The summed E-state index contributed by atoms with van der Waals surface area (Å²) in [7, 11) is 2.85. The number of aromatic nitrogens is 5. The lowest BCUT2D eigenvalue weighted by atomic mass is 10.4. The molecule has 0 unspecified atom stereocenters. The highest BCUT2D eigenvalue weighted by molar-refractivity contribution is 8.13. The van der Waals surface area contributed by atoms with Crippen molar-refractivity contribution in [1.29, 1.82) is 0 Å². The van der Waals surface area contributed by atoms with Gasteiger partial charge in [0, 0.05) is 24.0 Å². The summed E-state index contributed by atoms with van der Waals surface area (Å²) >= 11 is 0. The van der Waals surface area contributed by atoms with Crippen molar-refractivity contribution in [3.8, 4) is 11.5 Å². The van der Waals surface area contributed by atoms with Crippen molar-refractivity contribution in [2.75, 3.05) is 13.7 Å². The molecule has 0 spiro atoms. The van der Waals surface area contributed by atoms with Gasteiger partial charge in [-0.15, -0.1) is 10.2 Å². The van der Waals surface area contributed by atoms with E-state index in [9.17, 15) is 8.42 Å². The number of hydrogen-bond donors (Lipinski definition) is 1. The fourth-order valence-electron chi connectivity index (χ4n) is 1.43. The minimum absolute atomic E-state index is 0.263. The Kier molecular flexibility index (Phi) is 3.64. The summed E-state index contributed by atoms with van der Waals surface area (Å²) < 4.78 is 29.0. The molecule has 0 radical (unpaired) electrons. The first-order chi connectivity index (χ1) is 8.54. The van der Waals surface area contributed by atoms with Crippen molar-refractivity contribution in [3.63, 3.8) is 0 Å². The lowest BCUT2D eigenvalue weighted by molar-refractivity contribution is 0.185. The maximum absolute atomic E-state index is 11.4. The smallest absolute Gasteiger partial charge is 0.296 e. The zero-order chi connectivity index (χ0) is 13.2. The Morgan fingerprint density at radius 1 is 1.50 bits per heavy atom. The highest BCUT2D eigenvalue weighted by atomic mass is 35.7. The highest BCUT2D eigenvalue weighted by Crippen LogP contribution is 2.20. The number of aromatic amines is 1. The molecule has 0 saturated heterocycles. The first-order valence-electron chi connectivity index (χ1n) is 4.90. The summed E-state index contributed by atoms with van der Waals surface area (Å²) in [5.74, 6) is 0.337. The van der Waals surface area contributed by atoms with Gasteiger partial charge >= 0.3 is 0 Å². The van der Waals surface area contributed by atoms with Crippen molar-refractivity contribution in [3.05, 3.63) is 12.3 Å². The van der Waals surface area contributed by atoms with Gasteiger partial charge in [0.05, 0.1) is 13.2 Å². The second-order valence-corrected chi connectivity index (χ2v) is 5.82. The largest absolute Gasteiger partial charge is 0.383 e. The number of nitrogens with one attached hydrogen (secondary N) is 1. The van der Waals surface area contributed by atoms with E-state index in [-0.39, 0.29) is 11.7 Å². The molecule has 0 aliphatic rings. The van der Waals surface area contributed by atoms with Crippen LogP contribution in [0.15, 0.2) is 17.4 Å². The first-order valence-corrected chi connectivity index (χ1v) is 7.21. The fraction of sp³-hybridized carbons (Fsp3) is 0.375. The number of rotatable bonds is 5. The Bertz CT molecular complexity index is 621. The second-order valence-electron chi connectivity index (χ2n) is 3.36. The number of nitrogens with zero attached hydrogens (tertiary/aromatic N) is 4. The number of ether oxygens (including phenoxy) is 1. The minimum atomic E-state index is -3.96. The van der Waals surface area contributed by atoms with Gasteiger partial charge in [0.1, 0.15) is 5.69 Å². The van der Waals surface area contributed by atoms with Gasteiger partial charge in [-0.25, -0.2) is 8.42 Å². The van der Waals surface area contributed by atoms with Crippen LogP contribution in [-0.4, -0.2) is 47.1 Å². The van der Waals surface area contributed by atoms with Crippen LogP contribution in [0.3, 0.4) is 0 Å². The second kappa shape index (κ2) is 5.04. The van der Waals surface area contributed by atoms with E-state index in [2.05, 4.69) is 20.4 Å². The van der Waals surface area contributed by atoms with Crippen LogP contribution in [0.2, 0.25) is 0 Å². The third kappa shape index (κ3) is 2.52. The van der Waals surface area contributed by atoms with Crippen LogP contribution in [0.25, 0.3) is 11.5 Å². The topological polar surface area (TPSA) is 103 Å². The number of H-pyrrole nitrogens is 1. The van der Waals surface area contributed by atoms with Gasteiger partial charge in [-0.1, -0.05) is 0 Å². The molecule has 0 aliphatic heterocycles. The quantitative estimate of drug-likeness (QED) is 0.792.